The molecule has 1 aromatic carbocycles. The molecule has 0 aliphatic rings. The Kier molecular flexibility index (Phi) is 5.00. The minimum Gasteiger partial charge on any atom is -0.352 e. The summed E-state index contributed by atoms with van der Waals surface area (Å²) in [4.78, 5) is 19.8. The molecule has 104 valence electrons. The van der Waals surface area contributed by atoms with Crippen LogP contribution in [0.2, 0.25) is 0 Å². The van der Waals surface area contributed by atoms with Crippen molar-refractivity contribution in [3.63, 3.8) is 0 Å². The van der Waals surface area contributed by atoms with E-state index in [-0.39, 0.29) is 11.5 Å². The molecule has 1 aromatic heterocycles. The van der Waals surface area contributed by atoms with Crippen molar-refractivity contribution in [3.8, 4) is 0 Å². The molecule has 0 saturated carbocycles. The van der Waals surface area contributed by atoms with Crippen molar-refractivity contribution in [3.05, 3.63) is 52.5 Å². The molecule has 0 fully saturated rings. The quantitative estimate of drug-likeness (QED) is 0.820. The Bertz CT molecular complexity index is 594. The number of anilines is 1. The first-order valence-electron chi connectivity index (χ1n) is 5.91. The molecule has 0 bridgehead atoms. The number of nitrogens with zero attached hydrogens (tertiary/aromatic N) is 2. The Morgan fingerprint density at radius 1 is 1.25 bits per heavy atom. The van der Waals surface area contributed by atoms with E-state index < -0.39 is 5.82 Å². The van der Waals surface area contributed by atoms with Crippen molar-refractivity contribution >= 4 is 27.8 Å². The summed E-state index contributed by atoms with van der Waals surface area (Å²) in [6.07, 6.45) is 3.25. The first-order valence-corrected chi connectivity index (χ1v) is 6.70. The molecule has 1 heterocycles. The molecule has 0 unspecified atom stereocenters. The third-order valence-electron chi connectivity index (χ3n) is 2.43. The molecular weight excluding hydrogens is 327 g/mol. The number of carbonyl (C=O) groups excluding carboxylic acids is 1. The van der Waals surface area contributed by atoms with E-state index in [4.69, 9.17) is 0 Å². The van der Waals surface area contributed by atoms with E-state index in [0.717, 1.165) is 0 Å². The first-order chi connectivity index (χ1) is 9.66. The summed E-state index contributed by atoms with van der Waals surface area (Å²) in [7, 11) is 0. The number of aromatic nitrogens is 2. The summed E-state index contributed by atoms with van der Waals surface area (Å²) >= 11 is 3.21. The number of carbonyl (C=O) groups is 1. The number of hydrogen-bond acceptors (Lipinski definition) is 4. The van der Waals surface area contributed by atoms with Gasteiger partial charge in [0.05, 0.1) is 5.56 Å². The van der Waals surface area contributed by atoms with Gasteiger partial charge in [-0.05, 0) is 40.2 Å². The molecule has 0 radical (unpaired) electrons. The standard InChI is InChI=1S/C13H12BrFN4O/c14-11-3-2-9(15)8-10(11)12(20)16-6-7-19-13-17-4-1-5-18-13/h1-5,8H,6-7H2,(H,16,20)(H,17,18,19). The van der Waals surface area contributed by atoms with Crippen molar-refractivity contribution in [2.75, 3.05) is 18.4 Å². The molecule has 7 heteroatoms. The lowest BCUT2D eigenvalue weighted by Gasteiger charge is -2.08. The molecule has 1 amide bonds. The lowest BCUT2D eigenvalue weighted by Crippen LogP contribution is -2.29. The van der Waals surface area contributed by atoms with Crippen molar-refractivity contribution < 1.29 is 9.18 Å². The monoisotopic (exact) mass is 338 g/mol. The van der Waals surface area contributed by atoms with Crippen molar-refractivity contribution in [2.24, 2.45) is 0 Å². The number of benzene rings is 1. The van der Waals surface area contributed by atoms with Crippen molar-refractivity contribution in [1.82, 2.24) is 15.3 Å². The van der Waals surface area contributed by atoms with E-state index in [9.17, 15) is 9.18 Å². The van der Waals surface area contributed by atoms with Crippen LogP contribution in [0.5, 0.6) is 0 Å². The van der Waals surface area contributed by atoms with Crippen LogP contribution in [0.15, 0.2) is 41.1 Å². The predicted molar refractivity (Wildman–Crippen MR) is 77.0 cm³/mol. The Labute approximate surface area is 123 Å². The van der Waals surface area contributed by atoms with Gasteiger partial charge in [0.2, 0.25) is 5.95 Å². The van der Waals surface area contributed by atoms with E-state index in [1.165, 1.54) is 18.2 Å². The van der Waals surface area contributed by atoms with Crippen LogP contribution in [0.25, 0.3) is 0 Å². The van der Waals surface area contributed by atoms with E-state index >= 15 is 0 Å². The summed E-state index contributed by atoms with van der Waals surface area (Å²) in [6.45, 7) is 0.850. The fourth-order valence-electron chi connectivity index (χ4n) is 1.51. The SMILES string of the molecule is O=C(NCCNc1ncccn1)c1cc(F)ccc1Br. The Balaban J connectivity index is 1.82. The fourth-order valence-corrected chi connectivity index (χ4v) is 1.93. The average molecular weight is 339 g/mol. The van der Waals surface area contributed by atoms with Crippen molar-refractivity contribution in [1.29, 1.82) is 0 Å². The molecule has 20 heavy (non-hydrogen) atoms. The third-order valence-corrected chi connectivity index (χ3v) is 3.12. The number of nitrogens with one attached hydrogen (secondary N) is 2. The zero-order valence-electron chi connectivity index (χ0n) is 10.4. The Hall–Kier alpha value is -2.02. The largest absolute Gasteiger partial charge is 0.352 e. The highest BCUT2D eigenvalue weighted by molar-refractivity contribution is 9.10. The molecular formula is C13H12BrFN4O. The number of halogens is 2. The van der Waals surface area contributed by atoms with Gasteiger partial charge in [-0.2, -0.15) is 0 Å². The van der Waals surface area contributed by atoms with Crippen molar-refractivity contribution in [2.45, 2.75) is 0 Å². The molecule has 0 aliphatic carbocycles. The zero-order chi connectivity index (χ0) is 14.4. The molecule has 0 atom stereocenters. The van der Waals surface area contributed by atoms with Crippen LogP contribution < -0.4 is 10.6 Å². The van der Waals surface area contributed by atoms with Gasteiger partial charge in [-0.3, -0.25) is 4.79 Å². The van der Waals surface area contributed by atoms with Gasteiger partial charge in [-0.1, -0.05) is 0 Å². The lowest BCUT2D eigenvalue weighted by atomic mass is 10.2. The van der Waals surface area contributed by atoms with Gasteiger partial charge in [0.1, 0.15) is 5.82 Å². The highest BCUT2D eigenvalue weighted by Gasteiger charge is 2.10. The molecule has 0 aliphatic heterocycles. The second kappa shape index (κ2) is 6.95. The van der Waals surface area contributed by atoms with Crippen LogP contribution in [0.4, 0.5) is 10.3 Å². The maximum Gasteiger partial charge on any atom is 0.252 e. The number of rotatable bonds is 5. The average Bonchev–Trinajstić information content (AvgIpc) is 2.47. The smallest absolute Gasteiger partial charge is 0.252 e. The highest BCUT2D eigenvalue weighted by Crippen LogP contribution is 2.17. The van der Waals surface area contributed by atoms with Crippen LogP contribution >= 0.6 is 15.9 Å². The number of hydrogen-bond donors (Lipinski definition) is 2. The fraction of sp³-hybridized carbons (Fsp3) is 0.154. The second-order valence-corrected chi connectivity index (χ2v) is 4.73. The van der Waals surface area contributed by atoms with E-state index in [1.807, 2.05) is 0 Å². The maximum absolute atomic E-state index is 13.1. The molecule has 2 N–H and O–H groups in total. The summed E-state index contributed by atoms with van der Waals surface area (Å²) in [5.41, 5.74) is 0.265. The topological polar surface area (TPSA) is 66.9 Å². The molecule has 0 spiro atoms. The van der Waals surface area contributed by atoms with E-state index in [2.05, 4.69) is 36.5 Å². The Morgan fingerprint density at radius 3 is 2.75 bits per heavy atom. The van der Waals surface area contributed by atoms with E-state index in [1.54, 1.807) is 18.5 Å². The Morgan fingerprint density at radius 2 is 2.00 bits per heavy atom. The zero-order valence-corrected chi connectivity index (χ0v) is 12.0. The van der Waals surface area contributed by atoms with Gasteiger partial charge in [-0.25, -0.2) is 14.4 Å². The van der Waals surface area contributed by atoms with Gasteiger partial charge in [0.15, 0.2) is 0 Å². The van der Waals surface area contributed by atoms with Crippen LogP contribution in [0.3, 0.4) is 0 Å². The minimum atomic E-state index is -0.450. The molecule has 5 nitrogen and oxygen atoms in total. The van der Waals surface area contributed by atoms with Gasteiger partial charge >= 0.3 is 0 Å². The summed E-state index contributed by atoms with van der Waals surface area (Å²) in [6, 6.07) is 5.69. The van der Waals surface area contributed by atoms with Gasteiger partial charge in [0, 0.05) is 30.0 Å². The van der Waals surface area contributed by atoms with E-state index in [0.29, 0.717) is 23.5 Å². The highest BCUT2D eigenvalue weighted by atomic mass is 79.9. The van der Waals surface area contributed by atoms with Gasteiger partial charge in [0.25, 0.3) is 5.91 Å². The maximum atomic E-state index is 13.1. The van der Waals surface area contributed by atoms with Gasteiger partial charge < -0.3 is 10.6 Å². The molecule has 2 rings (SSSR count). The minimum absolute atomic E-state index is 0.265. The number of amides is 1. The molecule has 0 saturated heterocycles. The summed E-state index contributed by atoms with van der Waals surface area (Å²) in [5, 5.41) is 5.64. The summed E-state index contributed by atoms with van der Waals surface area (Å²) < 4.78 is 13.6. The van der Waals surface area contributed by atoms with Crippen LogP contribution in [-0.4, -0.2) is 29.0 Å². The van der Waals surface area contributed by atoms with Gasteiger partial charge in [-0.15, -0.1) is 0 Å². The molecule has 2 aromatic rings. The second-order valence-electron chi connectivity index (χ2n) is 3.88. The lowest BCUT2D eigenvalue weighted by molar-refractivity contribution is 0.0954. The normalized spacial score (nSPS) is 10.1. The van der Waals surface area contributed by atoms with Crippen LogP contribution in [0.1, 0.15) is 10.4 Å². The predicted octanol–water partition coefficient (Wildman–Crippen LogP) is 2.22. The van der Waals surface area contributed by atoms with Crippen LogP contribution in [0, 0.1) is 5.82 Å². The summed E-state index contributed by atoms with van der Waals surface area (Å²) in [5.74, 6) is -0.296. The third kappa shape index (κ3) is 3.99. The van der Waals surface area contributed by atoms with Crippen LogP contribution in [-0.2, 0) is 0 Å². The first kappa shape index (κ1) is 14.4.